The van der Waals surface area contributed by atoms with Gasteiger partial charge in [0.2, 0.25) is 0 Å². The lowest BCUT2D eigenvalue weighted by Gasteiger charge is -2.15. The number of hydrogen-bond donors (Lipinski definition) is 0. The number of carbonyl (C=O) groups excluding carboxylic acids is 1. The SMILES string of the molecule is COCCn1c(-c2nc(C(=O)N(C)c3ccccc3)cs2)cc2ccccc21. The number of fused-ring (bicyclic) bond motifs is 1. The predicted molar refractivity (Wildman–Crippen MR) is 114 cm³/mol. The molecule has 5 nitrogen and oxygen atoms in total. The maximum Gasteiger partial charge on any atom is 0.277 e. The summed E-state index contributed by atoms with van der Waals surface area (Å²) in [4.78, 5) is 19.1. The van der Waals surface area contributed by atoms with Crippen molar-refractivity contribution in [1.82, 2.24) is 9.55 Å². The fourth-order valence-corrected chi connectivity index (χ4v) is 4.06. The first-order valence-electron chi connectivity index (χ1n) is 9.05. The Morgan fingerprint density at radius 2 is 1.89 bits per heavy atom. The van der Waals surface area contributed by atoms with E-state index in [2.05, 4.69) is 27.8 Å². The lowest BCUT2D eigenvalue weighted by molar-refractivity contribution is 0.0989. The van der Waals surface area contributed by atoms with Crippen LogP contribution in [0.3, 0.4) is 0 Å². The molecule has 0 atom stereocenters. The molecule has 0 saturated carbocycles. The van der Waals surface area contributed by atoms with E-state index in [1.54, 1.807) is 19.1 Å². The smallest absolute Gasteiger partial charge is 0.277 e. The number of para-hydroxylation sites is 2. The molecule has 2 aromatic carbocycles. The van der Waals surface area contributed by atoms with Gasteiger partial charge >= 0.3 is 0 Å². The molecular weight excluding hydrogens is 370 g/mol. The molecule has 0 radical (unpaired) electrons. The molecule has 0 aliphatic heterocycles. The molecule has 0 unspecified atom stereocenters. The number of rotatable bonds is 6. The van der Waals surface area contributed by atoms with Crippen molar-refractivity contribution in [2.24, 2.45) is 0 Å². The van der Waals surface area contributed by atoms with Gasteiger partial charge in [0.1, 0.15) is 10.7 Å². The van der Waals surface area contributed by atoms with Crippen molar-refractivity contribution >= 4 is 33.8 Å². The topological polar surface area (TPSA) is 47.4 Å². The van der Waals surface area contributed by atoms with E-state index in [1.165, 1.54) is 11.3 Å². The summed E-state index contributed by atoms with van der Waals surface area (Å²) in [5.74, 6) is -0.117. The van der Waals surface area contributed by atoms with E-state index in [0.29, 0.717) is 12.3 Å². The van der Waals surface area contributed by atoms with Crippen molar-refractivity contribution in [3.8, 4) is 10.7 Å². The minimum atomic E-state index is -0.117. The summed E-state index contributed by atoms with van der Waals surface area (Å²) in [6.07, 6.45) is 0. The number of nitrogens with zero attached hydrogens (tertiary/aromatic N) is 3. The average Bonchev–Trinajstić information content (AvgIpc) is 3.36. The Labute approximate surface area is 167 Å². The van der Waals surface area contributed by atoms with Crippen LogP contribution >= 0.6 is 11.3 Å². The number of ether oxygens (including phenoxy) is 1. The lowest BCUT2D eigenvalue weighted by Crippen LogP contribution is -2.26. The normalized spacial score (nSPS) is 11.1. The van der Waals surface area contributed by atoms with Gasteiger partial charge in [-0.2, -0.15) is 0 Å². The third-order valence-electron chi connectivity index (χ3n) is 4.72. The van der Waals surface area contributed by atoms with Crippen LogP contribution in [0.25, 0.3) is 21.6 Å². The zero-order valence-electron chi connectivity index (χ0n) is 15.8. The van der Waals surface area contributed by atoms with Gasteiger partial charge in [0.25, 0.3) is 5.91 Å². The summed E-state index contributed by atoms with van der Waals surface area (Å²) in [6.45, 7) is 1.34. The molecule has 0 aliphatic carbocycles. The molecule has 0 saturated heterocycles. The van der Waals surface area contributed by atoms with Crippen molar-refractivity contribution in [1.29, 1.82) is 0 Å². The molecule has 28 heavy (non-hydrogen) atoms. The number of carbonyl (C=O) groups is 1. The summed E-state index contributed by atoms with van der Waals surface area (Å²) in [7, 11) is 3.47. The summed E-state index contributed by atoms with van der Waals surface area (Å²) < 4.78 is 7.48. The zero-order valence-corrected chi connectivity index (χ0v) is 16.6. The molecule has 6 heteroatoms. The van der Waals surface area contributed by atoms with Gasteiger partial charge in [0.15, 0.2) is 0 Å². The quantitative estimate of drug-likeness (QED) is 0.479. The number of amides is 1. The molecule has 2 heterocycles. The third-order valence-corrected chi connectivity index (χ3v) is 5.58. The molecule has 4 aromatic rings. The van der Waals surface area contributed by atoms with Gasteiger partial charge in [-0.15, -0.1) is 11.3 Å². The first-order valence-corrected chi connectivity index (χ1v) is 9.93. The third kappa shape index (κ3) is 3.44. The Bertz CT molecular complexity index is 1100. The second-order valence-corrected chi connectivity index (χ2v) is 7.33. The minimum absolute atomic E-state index is 0.117. The lowest BCUT2D eigenvalue weighted by atomic mass is 10.2. The summed E-state index contributed by atoms with van der Waals surface area (Å²) in [6, 6.07) is 19.9. The van der Waals surface area contributed by atoms with E-state index < -0.39 is 0 Å². The van der Waals surface area contributed by atoms with E-state index in [9.17, 15) is 4.79 Å². The number of aromatic nitrogens is 2. The van der Waals surface area contributed by atoms with E-state index in [1.807, 2.05) is 47.8 Å². The van der Waals surface area contributed by atoms with Gasteiger partial charge in [0, 0.05) is 42.7 Å². The van der Waals surface area contributed by atoms with Crippen molar-refractivity contribution in [2.45, 2.75) is 6.54 Å². The molecule has 0 spiro atoms. The fraction of sp³-hybridized carbons (Fsp3) is 0.182. The van der Waals surface area contributed by atoms with Crippen LogP contribution in [0, 0.1) is 0 Å². The fourth-order valence-electron chi connectivity index (χ4n) is 3.24. The summed E-state index contributed by atoms with van der Waals surface area (Å²) in [5, 5.41) is 3.81. The maximum atomic E-state index is 12.9. The summed E-state index contributed by atoms with van der Waals surface area (Å²) >= 11 is 1.49. The largest absolute Gasteiger partial charge is 0.383 e. The van der Waals surface area contributed by atoms with E-state index in [-0.39, 0.29) is 5.91 Å². The van der Waals surface area contributed by atoms with Crippen LogP contribution in [0.1, 0.15) is 10.5 Å². The highest BCUT2D eigenvalue weighted by Crippen LogP contribution is 2.31. The first-order chi connectivity index (χ1) is 13.7. The number of benzene rings is 2. The van der Waals surface area contributed by atoms with E-state index in [0.717, 1.165) is 33.8 Å². The highest BCUT2D eigenvalue weighted by Gasteiger charge is 2.19. The van der Waals surface area contributed by atoms with Crippen LogP contribution < -0.4 is 4.90 Å². The maximum absolute atomic E-state index is 12.9. The first kappa shape index (κ1) is 18.4. The monoisotopic (exact) mass is 391 g/mol. The Balaban J connectivity index is 1.68. The van der Waals surface area contributed by atoms with Gasteiger partial charge < -0.3 is 14.2 Å². The molecule has 0 fully saturated rings. The van der Waals surface area contributed by atoms with Crippen LogP contribution in [-0.2, 0) is 11.3 Å². The minimum Gasteiger partial charge on any atom is -0.383 e. The Morgan fingerprint density at radius 1 is 1.14 bits per heavy atom. The van der Waals surface area contributed by atoms with E-state index >= 15 is 0 Å². The highest BCUT2D eigenvalue weighted by molar-refractivity contribution is 7.13. The second-order valence-electron chi connectivity index (χ2n) is 6.47. The van der Waals surface area contributed by atoms with Crippen molar-refractivity contribution in [3.05, 3.63) is 71.7 Å². The van der Waals surface area contributed by atoms with Gasteiger partial charge in [-0.25, -0.2) is 4.98 Å². The standard InChI is InChI=1S/C22H21N3O2S/c1-24(17-9-4-3-5-10-17)22(26)18-15-28-21(23-18)20-14-16-8-6-7-11-19(16)25(20)12-13-27-2/h3-11,14-15H,12-13H2,1-2H3. The van der Waals surface area contributed by atoms with Gasteiger partial charge in [-0.3, -0.25) is 4.79 Å². The van der Waals surface area contributed by atoms with Gasteiger partial charge in [-0.05, 0) is 24.3 Å². The zero-order chi connectivity index (χ0) is 19.5. The van der Waals surface area contributed by atoms with Gasteiger partial charge in [-0.1, -0.05) is 36.4 Å². The second kappa shape index (κ2) is 7.96. The predicted octanol–water partition coefficient (Wildman–Crippen LogP) is 4.69. The van der Waals surface area contributed by atoms with E-state index in [4.69, 9.17) is 4.74 Å². The van der Waals surface area contributed by atoms with Crippen LogP contribution in [0.5, 0.6) is 0 Å². The molecule has 142 valence electrons. The molecular formula is C22H21N3O2S. The molecule has 0 aliphatic rings. The average molecular weight is 391 g/mol. The van der Waals surface area contributed by atoms with Gasteiger partial charge in [0.05, 0.1) is 12.3 Å². The van der Waals surface area contributed by atoms with Crippen LogP contribution in [0.4, 0.5) is 5.69 Å². The number of thiazole rings is 1. The Hall–Kier alpha value is -2.96. The molecule has 2 aromatic heterocycles. The molecule has 0 bridgehead atoms. The number of hydrogen-bond acceptors (Lipinski definition) is 4. The van der Waals surface area contributed by atoms with Crippen LogP contribution in [0.2, 0.25) is 0 Å². The van der Waals surface area contributed by atoms with Crippen molar-refractivity contribution < 1.29 is 9.53 Å². The highest BCUT2D eigenvalue weighted by atomic mass is 32.1. The van der Waals surface area contributed by atoms with Crippen LogP contribution in [-0.4, -0.2) is 36.2 Å². The Kier molecular flexibility index (Phi) is 5.23. The summed E-state index contributed by atoms with van der Waals surface area (Å²) in [5.41, 5.74) is 3.44. The number of methoxy groups -OCH3 is 1. The molecule has 4 rings (SSSR count). The number of anilines is 1. The molecule has 0 N–H and O–H groups in total. The Morgan fingerprint density at radius 3 is 2.68 bits per heavy atom. The van der Waals surface area contributed by atoms with Crippen molar-refractivity contribution in [3.63, 3.8) is 0 Å². The van der Waals surface area contributed by atoms with Crippen molar-refractivity contribution in [2.75, 3.05) is 25.7 Å². The molecule has 1 amide bonds. The van der Waals surface area contributed by atoms with Crippen LogP contribution in [0.15, 0.2) is 66.0 Å².